The number of piperazine rings is 1. The normalized spacial score (nSPS) is 16.3. The second-order valence-corrected chi connectivity index (χ2v) is 4.63. The van der Waals surface area contributed by atoms with Gasteiger partial charge in [0.25, 0.3) is 0 Å². The van der Waals surface area contributed by atoms with Crippen LogP contribution >= 0.6 is 0 Å². The molecule has 0 aliphatic carbocycles. The van der Waals surface area contributed by atoms with Gasteiger partial charge >= 0.3 is 0 Å². The Morgan fingerprint density at radius 2 is 2.00 bits per heavy atom. The van der Waals surface area contributed by atoms with Crippen molar-refractivity contribution < 1.29 is 9.59 Å². The molecule has 0 aromatic carbocycles. The number of amides is 2. The van der Waals surface area contributed by atoms with Gasteiger partial charge in [0.05, 0.1) is 13.1 Å². The minimum Gasteiger partial charge on any atom is -0.355 e. The predicted molar refractivity (Wildman–Crippen MR) is 70.2 cm³/mol. The van der Waals surface area contributed by atoms with Crippen LogP contribution in [0.5, 0.6) is 0 Å². The molecule has 2 N–H and O–H groups in total. The van der Waals surface area contributed by atoms with Crippen molar-refractivity contribution in [2.45, 2.75) is 13.3 Å². The van der Waals surface area contributed by atoms with E-state index in [1.807, 2.05) is 6.92 Å². The Kier molecular flexibility index (Phi) is 6.67. The third kappa shape index (κ3) is 5.46. The molecule has 0 aromatic heterocycles. The van der Waals surface area contributed by atoms with Crippen LogP contribution in [0.2, 0.25) is 0 Å². The van der Waals surface area contributed by atoms with Gasteiger partial charge in [-0.1, -0.05) is 6.92 Å². The van der Waals surface area contributed by atoms with Gasteiger partial charge in [-0.25, -0.2) is 0 Å². The Labute approximate surface area is 109 Å². The van der Waals surface area contributed by atoms with Gasteiger partial charge in [-0.15, -0.1) is 0 Å². The summed E-state index contributed by atoms with van der Waals surface area (Å²) in [4.78, 5) is 27.0. The molecule has 1 saturated heterocycles. The fourth-order valence-corrected chi connectivity index (χ4v) is 1.81. The number of carbonyl (C=O) groups excluding carboxylic acids is 2. The first-order valence-corrected chi connectivity index (χ1v) is 6.57. The molecule has 0 atom stereocenters. The Morgan fingerprint density at radius 3 is 2.61 bits per heavy atom. The smallest absolute Gasteiger partial charge is 0.239 e. The number of carbonyl (C=O) groups is 2. The molecule has 104 valence electrons. The summed E-state index contributed by atoms with van der Waals surface area (Å²) in [5.74, 6) is -0.0865. The zero-order valence-corrected chi connectivity index (χ0v) is 11.4. The maximum atomic E-state index is 11.9. The van der Waals surface area contributed by atoms with E-state index in [4.69, 9.17) is 0 Å². The summed E-state index contributed by atoms with van der Waals surface area (Å²) < 4.78 is 0. The number of rotatable bonds is 6. The molecule has 0 unspecified atom stereocenters. The topological polar surface area (TPSA) is 64.7 Å². The van der Waals surface area contributed by atoms with Crippen molar-refractivity contribution in [3.8, 4) is 0 Å². The molecule has 0 aromatic rings. The average Bonchev–Trinajstić information content (AvgIpc) is 2.37. The lowest BCUT2D eigenvalue weighted by molar-refractivity contribution is -0.135. The van der Waals surface area contributed by atoms with E-state index in [0.717, 1.165) is 32.6 Å². The summed E-state index contributed by atoms with van der Waals surface area (Å²) in [5.41, 5.74) is 0. The van der Waals surface area contributed by atoms with Gasteiger partial charge in [-0.05, 0) is 6.42 Å². The molecular formula is C12H24N4O2. The van der Waals surface area contributed by atoms with Crippen molar-refractivity contribution in [3.05, 3.63) is 0 Å². The van der Waals surface area contributed by atoms with Gasteiger partial charge in [-0.2, -0.15) is 0 Å². The Morgan fingerprint density at radius 1 is 1.33 bits per heavy atom. The van der Waals surface area contributed by atoms with E-state index >= 15 is 0 Å². The first-order chi connectivity index (χ1) is 8.63. The molecule has 1 aliphatic rings. The van der Waals surface area contributed by atoms with Crippen LogP contribution in [-0.4, -0.2) is 74.5 Å². The molecule has 1 heterocycles. The van der Waals surface area contributed by atoms with E-state index < -0.39 is 0 Å². The van der Waals surface area contributed by atoms with Crippen LogP contribution in [-0.2, 0) is 9.59 Å². The average molecular weight is 256 g/mol. The van der Waals surface area contributed by atoms with Crippen molar-refractivity contribution in [2.75, 3.05) is 52.9 Å². The van der Waals surface area contributed by atoms with E-state index in [2.05, 4.69) is 15.5 Å². The molecule has 0 radical (unpaired) electrons. The summed E-state index contributed by atoms with van der Waals surface area (Å²) in [7, 11) is 1.68. The summed E-state index contributed by atoms with van der Waals surface area (Å²) in [6, 6.07) is 0. The highest BCUT2D eigenvalue weighted by Crippen LogP contribution is 1.94. The van der Waals surface area contributed by atoms with Crippen LogP contribution in [0.4, 0.5) is 0 Å². The van der Waals surface area contributed by atoms with E-state index in [-0.39, 0.29) is 18.4 Å². The molecule has 0 saturated carbocycles. The molecule has 2 amide bonds. The quantitative estimate of drug-likeness (QED) is 0.631. The predicted octanol–water partition coefficient (Wildman–Crippen LogP) is -1.12. The lowest BCUT2D eigenvalue weighted by Gasteiger charge is -2.28. The summed E-state index contributed by atoms with van der Waals surface area (Å²) in [6.07, 6.45) is 0.907. The van der Waals surface area contributed by atoms with Crippen LogP contribution in [0.3, 0.4) is 0 Å². The van der Waals surface area contributed by atoms with E-state index in [1.54, 1.807) is 7.05 Å². The second kappa shape index (κ2) is 8.05. The van der Waals surface area contributed by atoms with Gasteiger partial charge < -0.3 is 15.5 Å². The number of nitrogens with zero attached hydrogens (tertiary/aromatic N) is 2. The van der Waals surface area contributed by atoms with Crippen LogP contribution < -0.4 is 10.6 Å². The van der Waals surface area contributed by atoms with Crippen LogP contribution in [0, 0.1) is 0 Å². The highest BCUT2D eigenvalue weighted by Gasteiger charge is 2.17. The van der Waals surface area contributed by atoms with Crippen molar-refractivity contribution in [3.63, 3.8) is 0 Å². The molecule has 1 aliphatic heterocycles. The minimum absolute atomic E-state index is 0.00329. The number of likely N-dealkylation sites (N-methyl/N-ethyl adjacent to an activating group) is 1. The zero-order valence-electron chi connectivity index (χ0n) is 11.4. The molecule has 6 nitrogen and oxygen atoms in total. The maximum absolute atomic E-state index is 11.9. The van der Waals surface area contributed by atoms with Crippen molar-refractivity contribution >= 4 is 11.8 Å². The largest absolute Gasteiger partial charge is 0.355 e. The zero-order chi connectivity index (χ0) is 13.4. The first-order valence-electron chi connectivity index (χ1n) is 6.57. The van der Waals surface area contributed by atoms with Crippen molar-refractivity contribution in [1.82, 2.24) is 20.4 Å². The molecule has 1 rings (SSSR count). The third-order valence-electron chi connectivity index (χ3n) is 2.95. The van der Waals surface area contributed by atoms with Gasteiger partial charge in [0.15, 0.2) is 0 Å². The van der Waals surface area contributed by atoms with Crippen LogP contribution in [0.1, 0.15) is 13.3 Å². The summed E-state index contributed by atoms with van der Waals surface area (Å²) >= 11 is 0. The third-order valence-corrected chi connectivity index (χ3v) is 2.95. The SMILES string of the molecule is CCCNC(=O)CN(C)C(=O)CN1CCNCC1. The summed E-state index contributed by atoms with van der Waals surface area (Å²) in [6.45, 7) is 6.84. The monoisotopic (exact) mass is 256 g/mol. The lowest BCUT2D eigenvalue weighted by atomic mass is 10.3. The number of nitrogens with one attached hydrogen (secondary N) is 2. The second-order valence-electron chi connectivity index (χ2n) is 4.63. The molecular weight excluding hydrogens is 232 g/mol. The van der Waals surface area contributed by atoms with Crippen LogP contribution in [0.15, 0.2) is 0 Å². The van der Waals surface area contributed by atoms with E-state index in [0.29, 0.717) is 13.1 Å². The van der Waals surface area contributed by atoms with Crippen molar-refractivity contribution in [2.24, 2.45) is 0 Å². The Balaban J connectivity index is 2.25. The molecule has 18 heavy (non-hydrogen) atoms. The molecule has 0 bridgehead atoms. The van der Waals surface area contributed by atoms with E-state index in [9.17, 15) is 9.59 Å². The highest BCUT2D eigenvalue weighted by molar-refractivity contribution is 5.85. The fourth-order valence-electron chi connectivity index (χ4n) is 1.81. The fraction of sp³-hybridized carbons (Fsp3) is 0.833. The number of hydrogen-bond acceptors (Lipinski definition) is 4. The van der Waals surface area contributed by atoms with Gasteiger partial charge in [0.2, 0.25) is 11.8 Å². The molecule has 6 heteroatoms. The van der Waals surface area contributed by atoms with Gasteiger partial charge in [0.1, 0.15) is 0 Å². The Bertz CT molecular complexity index is 277. The highest BCUT2D eigenvalue weighted by atomic mass is 16.2. The van der Waals surface area contributed by atoms with Gasteiger partial charge in [0, 0.05) is 39.8 Å². The first kappa shape index (κ1) is 14.9. The van der Waals surface area contributed by atoms with E-state index in [1.165, 1.54) is 4.90 Å². The van der Waals surface area contributed by atoms with Gasteiger partial charge in [-0.3, -0.25) is 14.5 Å². The lowest BCUT2D eigenvalue weighted by Crippen LogP contribution is -2.49. The maximum Gasteiger partial charge on any atom is 0.239 e. The van der Waals surface area contributed by atoms with Crippen molar-refractivity contribution in [1.29, 1.82) is 0 Å². The standard InChI is InChI=1S/C12H24N4O2/c1-3-4-14-11(17)9-15(2)12(18)10-16-7-5-13-6-8-16/h13H,3-10H2,1-2H3,(H,14,17). The Hall–Kier alpha value is -1.14. The van der Waals surface area contributed by atoms with Crippen LogP contribution in [0.25, 0.3) is 0 Å². The molecule has 1 fully saturated rings. The summed E-state index contributed by atoms with van der Waals surface area (Å²) in [5, 5.41) is 6.01. The number of hydrogen-bond donors (Lipinski definition) is 2. The minimum atomic E-state index is -0.0898. The molecule has 0 spiro atoms.